The van der Waals surface area contributed by atoms with E-state index in [1.165, 1.54) is 5.82 Å². The summed E-state index contributed by atoms with van der Waals surface area (Å²) in [6, 6.07) is 0. The number of aromatic nitrogens is 2. The number of hydrogen-bond donors (Lipinski definition) is 0. The number of nitrogens with zero attached hydrogens (tertiary/aromatic N) is 5. The third-order valence-corrected chi connectivity index (χ3v) is 4.20. The second-order valence-corrected chi connectivity index (χ2v) is 6.67. The predicted molar refractivity (Wildman–Crippen MR) is 87.9 cm³/mol. The molecule has 0 saturated carbocycles. The summed E-state index contributed by atoms with van der Waals surface area (Å²) >= 11 is 0. The molecule has 0 radical (unpaired) electrons. The molecular formula is C16H29N5O. The Bertz CT molecular complexity index is 475. The molecule has 6 nitrogen and oxygen atoms in total. The Morgan fingerprint density at radius 1 is 1.23 bits per heavy atom. The van der Waals surface area contributed by atoms with Crippen molar-refractivity contribution >= 4 is 5.91 Å². The monoisotopic (exact) mass is 307 g/mol. The molecule has 0 spiro atoms. The van der Waals surface area contributed by atoms with Crippen molar-refractivity contribution in [2.45, 2.75) is 25.3 Å². The van der Waals surface area contributed by atoms with Crippen molar-refractivity contribution in [3.05, 3.63) is 18.2 Å². The molecule has 6 heteroatoms. The van der Waals surface area contributed by atoms with Gasteiger partial charge in [0.25, 0.3) is 0 Å². The van der Waals surface area contributed by atoms with E-state index in [4.69, 9.17) is 0 Å². The van der Waals surface area contributed by atoms with E-state index in [1.54, 1.807) is 0 Å². The van der Waals surface area contributed by atoms with E-state index in [1.807, 2.05) is 30.1 Å². The first-order valence-electron chi connectivity index (χ1n) is 8.05. The maximum atomic E-state index is 12.1. The highest BCUT2D eigenvalue weighted by Gasteiger charge is 2.26. The van der Waals surface area contributed by atoms with Crippen molar-refractivity contribution in [2.24, 2.45) is 0 Å². The molecule has 0 atom stereocenters. The summed E-state index contributed by atoms with van der Waals surface area (Å²) in [6.07, 6.45) is 5.99. The molecule has 0 aliphatic carbocycles. The molecule has 1 aliphatic heterocycles. The molecule has 0 N–H and O–H groups in total. The average molecular weight is 307 g/mol. The van der Waals surface area contributed by atoms with Gasteiger partial charge < -0.3 is 19.3 Å². The SMILES string of the molecule is CN(C)CCn1ccnc1C1CCN(C(=O)CN(C)C)CC1. The van der Waals surface area contributed by atoms with Crippen molar-refractivity contribution in [2.75, 3.05) is 54.4 Å². The minimum atomic E-state index is 0.236. The van der Waals surface area contributed by atoms with Gasteiger partial charge in [0, 0.05) is 44.5 Å². The molecule has 2 rings (SSSR count). The zero-order valence-electron chi connectivity index (χ0n) is 14.3. The first kappa shape index (κ1) is 17.0. The highest BCUT2D eigenvalue weighted by Crippen LogP contribution is 2.27. The van der Waals surface area contributed by atoms with E-state index >= 15 is 0 Å². The predicted octanol–water partition coefficient (Wildman–Crippen LogP) is 0.712. The maximum Gasteiger partial charge on any atom is 0.236 e. The largest absolute Gasteiger partial charge is 0.342 e. The van der Waals surface area contributed by atoms with E-state index in [9.17, 15) is 4.79 Å². The fourth-order valence-electron chi connectivity index (χ4n) is 2.94. The molecule has 1 aromatic rings. The number of imidazole rings is 1. The van der Waals surface area contributed by atoms with Gasteiger partial charge >= 0.3 is 0 Å². The summed E-state index contributed by atoms with van der Waals surface area (Å²) in [7, 11) is 8.05. The van der Waals surface area contributed by atoms with E-state index in [-0.39, 0.29) is 5.91 Å². The zero-order valence-corrected chi connectivity index (χ0v) is 14.3. The summed E-state index contributed by atoms with van der Waals surface area (Å²) < 4.78 is 2.27. The van der Waals surface area contributed by atoms with Gasteiger partial charge in [-0.25, -0.2) is 4.98 Å². The van der Waals surface area contributed by atoms with Gasteiger partial charge in [-0.3, -0.25) is 4.79 Å². The first-order valence-corrected chi connectivity index (χ1v) is 8.05. The number of rotatable bonds is 6. The molecule has 1 aliphatic rings. The van der Waals surface area contributed by atoms with Crippen LogP contribution in [0.25, 0.3) is 0 Å². The Labute approximate surface area is 133 Å². The molecule has 22 heavy (non-hydrogen) atoms. The normalized spacial score (nSPS) is 16.7. The molecule has 0 bridgehead atoms. The highest BCUT2D eigenvalue weighted by atomic mass is 16.2. The zero-order chi connectivity index (χ0) is 16.1. The van der Waals surface area contributed by atoms with Crippen molar-refractivity contribution < 1.29 is 4.79 Å². The lowest BCUT2D eigenvalue weighted by Gasteiger charge is -2.32. The van der Waals surface area contributed by atoms with Gasteiger partial charge in [-0.1, -0.05) is 0 Å². The van der Waals surface area contributed by atoms with E-state index in [2.05, 4.69) is 34.7 Å². The fraction of sp³-hybridized carbons (Fsp3) is 0.750. The number of piperidine rings is 1. The van der Waals surface area contributed by atoms with Crippen molar-refractivity contribution in [3.63, 3.8) is 0 Å². The van der Waals surface area contributed by atoms with Crippen LogP contribution in [0, 0.1) is 0 Å². The van der Waals surface area contributed by atoms with Gasteiger partial charge in [-0.2, -0.15) is 0 Å². The number of carbonyl (C=O) groups is 1. The van der Waals surface area contributed by atoms with Crippen LogP contribution in [0.15, 0.2) is 12.4 Å². The van der Waals surface area contributed by atoms with Crippen molar-refractivity contribution in [1.29, 1.82) is 0 Å². The van der Waals surface area contributed by atoms with Gasteiger partial charge in [-0.05, 0) is 41.0 Å². The standard InChI is InChI=1S/C16H29N5O/c1-18(2)11-12-21-10-7-17-16(21)14-5-8-20(9-6-14)15(22)13-19(3)4/h7,10,14H,5-6,8-9,11-13H2,1-4H3. The van der Waals surface area contributed by atoms with Crippen molar-refractivity contribution in [3.8, 4) is 0 Å². The Morgan fingerprint density at radius 3 is 2.50 bits per heavy atom. The van der Waals surface area contributed by atoms with E-state index < -0.39 is 0 Å². The molecule has 1 saturated heterocycles. The number of hydrogen-bond acceptors (Lipinski definition) is 4. The van der Waals surface area contributed by atoms with E-state index in [0.717, 1.165) is 39.0 Å². The minimum absolute atomic E-state index is 0.236. The van der Waals surface area contributed by atoms with Crippen LogP contribution in [0.2, 0.25) is 0 Å². The number of amides is 1. The van der Waals surface area contributed by atoms with Crippen LogP contribution in [0.3, 0.4) is 0 Å². The third-order valence-electron chi connectivity index (χ3n) is 4.20. The topological polar surface area (TPSA) is 44.6 Å². The second-order valence-electron chi connectivity index (χ2n) is 6.67. The van der Waals surface area contributed by atoms with Crippen LogP contribution in [0.5, 0.6) is 0 Å². The summed E-state index contributed by atoms with van der Waals surface area (Å²) in [4.78, 5) is 22.8. The highest BCUT2D eigenvalue weighted by molar-refractivity contribution is 5.78. The van der Waals surface area contributed by atoms with Gasteiger partial charge in [-0.15, -0.1) is 0 Å². The van der Waals surface area contributed by atoms with Crippen LogP contribution >= 0.6 is 0 Å². The van der Waals surface area contributed by atoms with Crippen LogP contribution < -0.4 is 0 Å². The Morgan fingerprint density at radius 2 is 1.91 bits per heavy atom. The van der Waals surface area contributed by atoms with Crippen LogP contribution in [-0.2, 0) is 11.3 Å². The summed E-state index contributed by atoms with van der Waals surface area (Å²) in [5, 5.41) is 0. The molecule has 1 amide bonds. The molecular weight excluding hydrogens is 278 g/mol. The quantitative estimate of drug-likeness (QED) is 0.776. The number of carbonyl (C=O) groups excluding carboxylic acids is 1. The lowest BCUT2D eigenvalue weighted by atomic mass is 9.96. The lowest BCUT2D eigenvalue weighted by molar-refractivity contribution is -0.132. The minimum Gasteiger partial charge on any atom is -0.342 e. The van der Waals surface area contributed by atoms with Crippen LogP contribution in [0.4, 0.5) is 0 Å². The van der Waals surface area contributed by atoms with Gasteiger partial charge in [0.1, 0.15) is 5.82 Å². The Hall–Kier alpha value is -1.40. The van der Waals surface area contributed by atoms with Gasteiger partial charge in [0.05, 0.1) is 6.54 Å². The molecule has 2 heterocycles. The third kappa shape index (κ3) is 4.55. The molecule has 1 aromatic heterocycles. The fourth-order valence-corrected chi connectivity index (χ4v) is 2.94. The number of likely N-dealkylation sites (N-methyl/N-ethyl adjacent to an activating group) is 2. The molecule has 0 unspecified atom stereocenters. The second kappa shape index (κ2) is 7.74. The molecule has 0 aromatic carbocycles. The lowest BCUT2D eigenvalue weighted by Crippen LogP contribution is -2.42. The van der Waals surface area contributed by atoms with Gasteiger partial charge in [0.15, 0.2) is 0 Å². The Kier molecular flexibility index (Phi) is 5.97. The van der Waals surface area contributed by atoms with Crippen LogP contribution in [-0.4, -0.2) is 84.5 Å². The summed E-state index contributed by atoms with van der Waals surface area (Å²) in [5.41, 5.74) is 0. The maximum absolute atomic E-state index is 12.1. The number of likely N-dealkylation sites (tertiary alicyclic amines) is 1. The Balaban J connectivity index is 1.89. The first-order chi connectivity index (χ1) is 10.5. The average Bonchev–Trinajstić information content (AvgIpc) is 2.93. The smallest absolute Gasteiger partial charge is 0.236 e. The van der Waals surface area contributed by atoms with E-state index in [0.29, 0.717) is 12.5 Å². The summed E-state index contributed by atoms with van der Waals surface area (Å²) in [5.74, 6) is 1.89. The van der Waals surface area contributed by atoms with Crippen molar-refractivity contribution in [1.82, 2.24) is 24.3 Å². The van der Waals surface area contributed by atoms with Crippen LogP contribution in [0.1, 0.15) is 24.6 Å². The summed E-state index contributed by atoms with van der Waals surface area (Å²) in [6.45, 7) is 4.18. The molecule has 1 fully saturated rings. The van der Waals surface area contributed by atoms with Gasteiger partial charge in [0.2, 0.25) is 5.91 Å². The molecule has 124 valence electrons.